The monoisotopic (exact) mass is 182 g/mol. The van der Waals surface area contributed by atoms with Gasteiger partial charge in [-0.25, -0.2) is 0 Å². The summed E-state index contributed by atoms with van der Waals surface area (Å²) in [4.78, 5) is 10.6. The number of carbonyl (C=O) groups is 1. The fourth-order valence-corrected chi connectivity index (χ4v) is 1.44. The van der Waals surface area contributed by atoms with Crippen LogP contribution < -0.4 is 0 Å². The molecule has 12 heavy (non-hydrogen) atoms. The molecule has 0 bridgehead atoms. The van der Waals surface area contributed by atoms with Gasteiger partial charge in [0.05, 0.1) is 0 Å². The third kappa shape index (κ3) is 1.86. The minimum atomic E-state index is -0.0568. The Balaban J connectivity index is 3.00. The van der Waals surface area contributed by atoms with Crippen molar-refractivity contribution in [2.75, 3.05) is 0 Å². The predicted octanol–water partition coefficient (Wildman–Crippen LogP) is 3.03. The Bertz CT molecular complexity index is 270. The number of hydrogen-bond donors (Lipinski definition) is 0. The molecule has 0 aromatic heterocycles. The second kappa shape index (κ2) is 4.27. The van der Waals surface area contributed by atoms with E-state index in [0.717, 1.165) is 18.3 Å². The van der Waals surface area contributed by atoms with Crippen molar-refractivity contribution in [3.05, 3.63) is 34.9 Å². The van der Waals surface area contributed by atoms with Crippen LogP contribution in [0.15, 0.2) is 24.3 Å². The third-order valence-electron chi connectivity index (χ3n) is 1.91. The van der Waals surface area contributed by atoms with Crippen LogP contribution >= 0.6 is 11.6 Å². The Hall–Kier alpha value is -0.820. The Kier molecular flexibility index (Phi) is 3.30. The fraction of sp³-hybridized carbons (Fsp3) is 0.300. The second-order valence-electron chi connectivity index (χ2n) is 2.67. The van der Waals surface area contributed by atoms with Crippen LogP contribution in [0.1, 0.15) is 24.8 Å². The lowest BCUT2D eigenvalue weighted by Crippen LogP contribution is -1.98. The topological polar surface area (TPSA) is 17.1 Å². The quantitative estimate of drug-likeness (QED) is 0.657. The maximum Gasteiger partial charge on any atom is 0.127 e. The first kappa shape index (κ1) is 9.27. The highest BCUT2D eigenvalue weighted by Crippen LogP contribution is 2.24. The molecule has 1 aromatic rings. The molecule has 1 atom stereocenters. The molecule has 1 nitrogen and oxygen atoms in total. The molecule has 1 rings (SSSR count). The maximum atomic E-state index is 10.6. The predicted molar refractivity (Wildman–Crippen MR) is 50.5 cm³/mol. The van der Waals surface area contributed by atoms with Gasteiger partial charge in [-0.3, -0.25) is 0 Å². The largest absolute Gasteiger partial charge is 0.303 e. The Labute approximate surface area is 77.4 Å². The van der Waals surface area contributed by atoms with Gasteiger partial charge < -0.3 is 4.79 Å². The van der Waals surface area contributed by atoms with Crippen LogP contribution in [0.5, 0.6) is 0 Å². The molecule has 0 radical (unpaired) electrons. The first-order chi connectivity index (χ1) is 5.79. The van der Waals surface area contributed by atoms with Crippen molar-refractivity contribution in [2.45, 2.75) is 19.3 Å². The van der Waals surface area contributed by atoms with E-state index >= 15 is 0 Å². The molecule has 2 heteroatoms. The van der Waals surface area contributed by atoms with Crippen molar-refractivity contribution in [2.24, 2.45) is 0 Å². The molecule has 0 N–H and O–H groups in total. The van der Waals surface area contributed by atoms with Crippen LogP contribution in [-0.4, -0.2) is 6.29 Å². The molecule has 0 aliphatic rings. The van der Waals surface area contributed by atoms with Gasteiger partial charge in [-0.1, -0.05) is 36.7 Å². The molecule has 0 saturated heterocycles. The average molecular weight is 183 g/mol. The summed E-state index contributed by atoms with van der Waals surface area (Å²) in [6, 6.07) is 7.46. The molecular formula is C10H11ClO. The van der Waals surface area contributed by atoms with E-state index < -0.39 is 0 Å². The van der Waals surface area contributed by atoms with Gasteiger partial charge in [0.15, 0.2) is 0 Å². The summed E-state index contributed by atoms with van der Waals surface area (Å²) in [5.41, 5.74) is 0.927. The molecule has 0 aliphatic carbocycles. The van der Waals surface area contributed by atoms with Crippen LogP contribution in [0.3, 0.4) is 0 Å². The van der Waals surface area contributed by atoms with E-state index in [0.29, 0.717) is 5.02 Å². The lowest BCUT2D eigenvalue weighted by molar-refractivity contribution is -0.109. The molecule has 0 aliphatic heterocycles. The molecule has 0 fully saturated rings. The van der Waals surface area contributed by atoms with E-state index in [1.807, 2.05) is 31.2 Å². The average Bonchev–Trinajstić information content (AvgIpc) is 2.10. The van der Waals surface area contributed by atoms with Gasteiger partial charge in [0, 0.05) is 10.9 Å². The summed E-state index contributed by atoms with van der Waals surface area (Å²) in [6.07, 6.45) is 1.74. The highest BCUT2D eigenvalue weighted by molar-refractivity contribution is 6.31. The summed E-state index contributed by atoms with van der Waals surface area (Å²) in [5.74, 6) is -0.0568. The van der Waals surface area contributed by atoms with Crippen LogP contribution in [0, 0.1) is 0 Å². The minimum absolute atomic E-state index is 0.0568. The van der Waals surface area contributed by atoms with Crippen molar-refractivity contribution >= 4 is 17.9 Å². The van der Waals surface area contributed by atoms with E-state index in [2.05, 4.69) is 0 Å². The summed E-state index contributed by atoms with van der Waals surface area (Å²) in [7, 11) is 0. The lowest BCUT2D eigenvalue weighted by Gasteiger charge is -2.08. The second-order valence-corrected chi connectivity index (χ2v) is 3.08. The number of carbonyl (C=O) groups excluding carboxylic acids is 1. The van der Waals surface area contributed by atoms with Gasteiger partial charge in [0.1, 0.15) is 6.29 Å². The van der Waals surface area contributed by atoms with E-state index in [1.54, 1.807) is 0 Å². The maximum absolute atomic E-state index is 10.6. The smallest absolute Gasteiger partial charge is 0.127 e. The van der Waals surface area contributed by atoms with Crippen LogP contribution in [-0.2, 0) is 4.79 Å². The SMILES string of the molecule is CCC(C=O)c1ccccc1Cl. The van der Waals surface area contributed by atoms with Crippen molar-refractivity contribution in [1.82, 2.24) is 0 Å². The van der Waals surface area contributed by atoms with E-state index in [1.165, 1.54) is 0 Å². The van der Waals surface area contributed by atoms with Gasteiger partial charge in [0.25, 0.3) is 0 Å². The number of aldehydes is 1. The van der Waals surface area contributed by atoms with Crippen LogP contribution in [0.25, 0.3) is 0 Å². The normalized spacial score (nSPS) is 12.5. The van der Waals surface area contributed by atoms with Gasteiger partial charge in [-0.2, -0.15) is 0 Å². The van der Waals surface area contributed by atoms with Crippen LogP contribution in [0.4, 0.5) is 0 Å². The molecular weight excluding hydrogens is 172 g/mol. The zero-order chi connectivity index (χ0) is 8.97. The summed E-state index contributed by atoms with van der Waals surface area (Å²) in [5, 5.41) is 0.677. The molecule has 0 spiro atoms. The highest BCUT2D eigenvalue weighted by atomic mass is 35.5. The van der Waals surface area contributed by atoms with Crippen molar-refractivity contribution in [1.29, 1.82) is 0 Å². The van der Waals surface area contributed by atoms with Gasteiger partial charge in [-0.15, -0.1) is 0 Å². The minimum Gasteiger partial charge on any atom is -0.303 e. The highest BCUT2D eigenvalue weighted by Gasteiger charge is 2.10. The van der Waals surface area contributed by atoms with Gasteiger partial charge >= 0.3 is 0 Å². The van der Waals surface area contributed by atoms with Crippen molar-refractivity contribution in [3.63, 3.8) is 0 Å². The third-order valence-corrected chi connectivity index (χ3v) is 2.25. The number of benzene rings is 1. The Morgan fingerprint density at radius 2 is 2.17 bits per heavy atom. The number of halogens is 1. The summed E-state index contributed by atoms with van der Waals surface area (Å²) >= 11 is 5.92. The number of hydrogen-bond acceptors (Lipinski definition) is 1. The molecule has 1 unspecified atom stereocenters. The fourth-order valence-electron chi connectivity index (χ4n) is 1.17. The van der Waals surface area contributed by atoms with E-state index in [4.69, 9.17) is 11.6 Å². The Morgan fingerprint density at radius 1 is 1.50 bits per heavy atom. The first-order valence-electron chi connectivity index (χ1n) is 3.99. The molecule has 64 valence electrons. The van der Waals surface area contributed by atoms with Crippen LogP contribution in [0.2, 0.25) is 5.02 Å². The number of rotatable bonds is 3. The first-order valence-corrected chi connectivity index (χ1v) is 4.37. The zero-order valence-electron chi connectivity index (χ0n) is 6.96. The molecule has 0 amide bonds. The summed E-state index contributed by atoms with van der Waals surface area (Å²) < 4.78 is 0. The Morgan fingerprint density at radius 3 is 2.67 bits per heavy atom. The van der Waals surface area contributed by atoms with E-state index in [-0.39, 0.29) is 5.92 Å². The van der Waals surface area contributed by atoms with Gasteiger partial charge in [-0.05, 0) is 18.1 Å². The standard InChI is InChI=1S/C10H11ClO/c1-2-8(7-12)9-5-3-4-6-10(9)11/h3-8H,2H2,1H3. The summed E-state index contributed by atoms with van der Waals surface area (Å²) in [6.45, 7) is 1.97. The lowest BCUT2D eigenvalue weighted by atomic mass is 9.98. The van der Waals surface area contributed by atoms with Gasteiger partial charge in [0.2, 0.25) is 0 Å². The zero-order valence-corrected chi connectivity index (χ0v) is 7.71. The van der Waals surface area contributed by atoms with E-state index in [9.17, 15) is 4.79 Å². The van der Waals surface area contributed by atoms with Crippen molar-refractivity contribution < 1.29 is 4.79 Å². The molecule has 0 saturated carbocycles. The van der Waals surface area contributed by atoms with Crippen molar-refractivity contribution in [3.8, 4) is 0 Å². The molecule has 0 heterocycles. The molecule has 1 aromatic carbocycles.